The van der Waals surface area contributed by atoms with Gasteiger partial charge < -0.3 is 5.32 Å². The summed E-state index contributed by atoms with van der Waals surface area (Å²) in [7, 11) is 1.49. The molecule has 0 amide bonds. The molecule has 0 heterocycles. The van der Waals surface area contributed by atoms with Crippen molar-refractivity contribution in [3.8, 4) is 0 Å². The van der Waals surface area contributed by atoms with E-state index in [9.17, 15) is 13.2 Å². The molecule has 0 unspecified atom stereocenters. The lowest BCUT2D eigenvalue weighted by Crippen LogP contribution is -2.38. The Kier molecular flexibility index (Phi) is 6.92. The smallest absolute Gasteiger partial charge is 0.313 e. The van der Waals surface area contributed by atoms with Crippen LogP contribution in [0.4, 0.5) is 13.2 Å². The van der Waals surface area contributed by atoms with Gasteiger partial charge in [0.25, 0.3) is 0 Å². The van der Waals surface area contributed by atoms with Gasteiger partial charge in [0.05, 0.1) is 6.54 Å². The summed E-state index contributed by atoms with van der Waals surface area (Å²) < 4.78 is 35.9. The van der Waals surface area contributed by atoms with E-state index in [1.807, 2.05) is 0 Å². The first kappa shape index (κ1) is 14.7. The summed E-state index contributed by atoms with van der Waals surface area (Å²) in [5.41, 5.74) is 0. The molecule has 0 spiro atoms. The maximum Gasteiger partial charge on any atom is 0.401 e. The molecule has 2 nitrogen and oxygen atoms in total. The summed E-state index contributed by atoms with van der Waals surface area (Å²) >= 11 is 0. The van der Waals surface area contributed by atoms with Crippen molar-refractivity contribution in [2.75, 3.05) is 26.7 Å². The molecule has 0 aromatic heterocycles. The molecule has 0 aliphatic rings. The number of hydrogen-bond acceptors (Lipinski definition) is 2. The Labute approximate surface area is 89.8 Å². The van der Waals surface area contributed by atoms with E-state index in [0.29, 0.717) is 19.1 Å². The molecule has 0 aliphatic heterocycles. The molecule has 0 aromatic rings. The van der Waals surface area contributed by atoms with Crippen LogP contribution in [0.15, 0.2) is 0 Å². The van der Waals surface area contributed by atoms with Gasteiger partial charge >= 0.3 is 6.18 Å². The molecule has 0 saturated carbocycles. The van der Waals surface area contributed by atoms with Gasteiger partial charge in [0.2, 0.25) is 0 Å². The van der Waals surface area contributed by atoms with E-state index >= 15 is 0 Å². The number of nitrogens with zero attached hydrogens (tertiary/aromatic N) is 1. The van der Waals surface area contributed by atoms with Gasteiger partial charge in [-0.2, -0.15) is 13.2 Å². The van der Waals surface area contributed by atoms with Crippen molar-refractivity contribution in [1.82, 2.24) is 10.2 Å². The zero-order chi connectivity index (χ0) is 11.9. The van der Waals surface area contributed by atoms with Crippen molar-refractivity contribution in [3.63, 3.8) is 0 Å². The highest BCUT2D eigenvalue weighted by molar-refractivity contribution is 4.65. The minimum atomic E-state index is -4.09. The fourth-order valence-electron chi connectivity index (χ4n) is 1.42. The predicted molar refractivity (Wildman–Crippen MR) is 55.9 cm³/mol. The second-order valence-electron chi connectivity index (χ2n) is 3.82. The Morgan fingerprint density at radius 2 is 1.73 bits per heavy atom. The summed E-state index contributed by atoms with van der Waals surface area (Å²) in [4.78, 5) is 1.29. The van der Waals surface area contributed by atoms with Crippen LogP contribution < -0.4 is 5.32 Å². The second kappa shape index (κ2) is 7.06. The number of rotatable bonds is 7. The molecule has 0 aromatic carbocycles. The Hall–Kier alpha value is -0.290. The van der Waals surface area contributed by atoms with E-state index in [0.717, 1.165) is 12.8 Å². The maximum absolute atomic E-state index is 12.0. The van der Waals surface area contributed by atoms with Crippen LogP contribution in [-0.2, 0) is 0 Å². The molecule has 0 radical (unpaired) electrons. The molecule has 0 saturated heterocycles. The first-order valence-corrected chi connectivity index (χ1v) is 5.37. The highest BCUT2D eigenvalue weighted by Gasteiger charge is 2.28. The van der Waals surface area contributed by atoms with Crippen LogP contribution in [0.5, 0.6) is 0 Å². The molecule has 5 heteroatoms. The van der Waals surface area contributed by atoms with Crippen LogP contribution in [-0.4, -0.2) is 43.8 Å². The lowest BCUT2D eigenvalue weighted by Gasteiger charge is -2.20. The van der Waals surface area contributed by atoms with Crippen molar-refractivity contribution in [3.05, 3.63) is 0 Å². The van der Waals surface area contributed by atoms with Crippen LogP contribution in [0, 0.1) is 0 Å². The summed E-state index contributed by atoms with van der Waals surface area (Å²) in [5, 5.41) is 3.23. The fourth-order valence-corrected chi connectivity index (χ4v) is 1.42. The zero-order valence-electron chi connectivity index (χ0n) is 9.69. The summed E-state index contributed by atoms with van der Waals surface area (Å²) in [5.74, 6) is 0. The van der Waals surface area contributed by atoms with Gasteiger partial charge in [-0.3, -0.25) is 4.90 Å². The molecular formula is C10H21F3N2. The minimum absolute atomic E-state index is 0.421. The van der Waals surface area contributed by atoms with Crippen molar-refractivity contribution in [2.45, 2.75) is 38.9 Å². The van der Waals surface area contributed by atoms with E-state index in [1.54, 1.807) is 0 Å². The predicted octanol–water partition coefficient (Wildman–Crippen LogP) is 2.26. The van der Waals surface area contributed by atoms with Crippen LogP contribution >= 0.6 is 0 Å². The normalized spacial score (nSPS) is 12.8. The number of nitrogens with one attached hydrogen (secondary N) is 1. The average molecular weight is 226 g/mol. The zero-order valence-corrected chi connectivity index (χ0v) is 9.69. The summed E-state index contributed by atoms with van der Waals surface area (Å²) in [6.07, 6.45) is -2.07. The van der Waals surface area contributed by atoms with Gasteiger partial charge in [-0.05, 0) is 19.9 Å². The quantitative estimate of drug-likeness (QED) is 0.716. The highest BCUT2D eigenvalue weighted by atomic mass is 19.4. The molecule has 1 N–H and O–H groups in total. The molecule has 15 heavy (non-hydrogen) atoms. The summed E-state index contributed by atoms with van der Waals surface area (Å²) in [6.45, 7) is 4.34. The van der Waals surface area contributed by atoms with Gasteiger partial charge in [0, 0.05) is 19.1 Å². The standard InChI is InChI=1S/C10H21F3N2/c1-4-9(5-2)14-6-7-15(3)8-10(11,12)13/h9,14H,4-8H2,1-3H3. The molecule has 0 bridgehead atoms. The largest absolute Gasteiger partial charge is 0.401 e. The minimum Gasteiger partial charge on any atom is -0.313 e. The number of alkyl halides is 3. The first-order valence-electron chi connectivity index (χ1n) is 5.37. The molecule has 92 valence electrons. The van der Waals surface area contributed by atoms with Crippen LogP contribution in [0.25, 0.3) is 0 Å². The van der Waals surface area contributed by atoms with E-state index < -0.39 is 12.7 Å². The van der Waals surface area contributed by atoms with Crippen molar-refractivity contribution in [1.29, 1.82) is 0 Å². The monoisotopic (exact) mass is 226 g/mol. The van der Waals surface area contributed by atoms with Gasteiger partial charge in [-0.15, -0.1) is 0 Å². The van der Waals surface area contributed by atoms with Crippen molar-refractivity contribution in [2.24, 2.45) is 0 Å². The Bertz CT molecular complexity index is 155. The Morgan fingerprint density at radius 3 is 2.13 bits per heavy atom. The van der Waals surface area contributed by atoms with E-state index in [-0.39, 0.29) is 0 Å². The van der Waals surface area contributed by atoms with Gasteiger partial charge in [0.1, 0.15) is 0 Å². The lowest BCUT2D eigenvalue weighted by molar-refractivity contribution is -0.142. The molecule has 0 fully saturated rings. The molecule has 0 aliphatic carbocycles. The van der Waals surface area contributed by atoms with Gasteiger partial charge in [0.15, 0.2) is 0 Å². The number of halogens is 3. The molecule has 0 rings (SSSR count). The third-order valence-electron chi connectivity index (χ3n) is 2.36. The summed E-state index contributed by atoms with van der Waals surface area (Å²) in [6, 6.07) is 0.421. The Morgan fingerprint density at radius 1 is 1.20 bits per heavy atom. The van der Waals surface area contributed by atoms with Gasteiger partial charge in [-0.25, -0.2) is 0 Å². The van der Waals surface area contributed by atoms with Gasteiger partial charge in [-0.1, -0.05) is 13.8 Å². The van der Waals surface area contributed by atoms with Crippen LogP contribution in [0.1, 0.15) is 26.7 Å². The van der Waals surface area contributed by atoms with Crippen LogP contribution in [0.3, 0.4) is 0 Å². The van der Waals surface area contributed by atoms with Crippen molar-refractivity contribution >= 4 is 0 Å². The second-order valence-corrected chi connectivity index (χ2v) is 3.82. The molecular weight excluding hydrogens is 205 g/mol. The number of likely N-dealkylation sites (N-methyl/N-ethyl adjacent to an activating group) is 1. The third-order valence-corrected chi connectivity index (χ3v) is 2.36. The number of hydrogen-bond donors (Lipinski definition) is 1. The Balaban J connectivity index is 3.58. The van der Waals surface area contributed by atoms with Crippen molar-refractivity contribution < 1.29 is 13.2 Å². The molecule has 0 atom stereocenters. The van der Waals surface area contributed by atoms with E-state index in [2.05, 4.69) is 19.2 Å². The average Bonchev–Trinajstić information content (AvgIpc) is 2.09. The SMILES string of the molecule is CCC(CC)NCCN(C)CC(F)(F)F. The third kappa shape index (κ3) is 8.69. The van der Waals surface area contributed by atoms with E-state index in [1.165, 1.54) is 11.9 Å². The lowest BCUT2D eigenvalue weighted by atomic mass is 10.2. The highest BCUT2D eigenvalue weighted by Crippen LogP contribution is 2.14. The fraction of sp³-hybridized carbons (Fsp3) is 1.00. The van der Waals surface area contributed by atoms with Crippen LogP contribution in [0.2, 0.25) is 0 Å². The first-order chi connectivity index (χ1) is 6.89. The van der Waals surface area contributed by atoms with E-state index in [4.69, 9.17) is 0 Å². The topological polar surface area (TPSA) is 15.3 Å². The maximum atomic E-state index is 12.0.